The second-order valence-electron chi connectivity index (χ2n) is 5.45. The van der Waals surface area contributed by atoms with Crippen LogP contribution in [0.15, 0.2) is 91.5 Å². The lowest BCUT2D eigenvalue weighted by atomic mass is 10.1. The first-order valence-electron chi connectivity index (χ1n) is 7.92. The lowest BCUT2D eigenvalue weighted by Crippen LogP contribution is -2.29. The molecule has 0 N–H and O–H groups in total. The molecule has 0 unspecified atom stereocenters. The number of rotatable bonds is 2. The molecule has 0 atom stereocenters. The van der Waals surface area contributed by atoms with E-state index in [0.717, 1.165) is 4.90 Å². The maximum absolute atomic E-state index is 11.2. The highest BCUT2D eigenvalue weighted by Gasteiger charge is 2.24. The molecular weight excluding hydrogens is 310 g/mol. The van der Waals surface area contributed by atoms with Gasteiger partial charge < -0.3 is 0 Å². The van der Waals surface area contributed by atoms with Gasteiger partial charge in [-0.2, -0.15) is 0 Å². The molecule has 1 aliphatic rings. The van der Waals surface area contributed by atoms with Crippen molar-refractivity contribution in [2.45, 2.75) is 0 Å². The molecule has 0 aromatic heterocycles. The van der Waals surface area contributed by atoms with Crippen LogP contribution in [0.5, 0.6) is 0 Å². The molecule has 2 amide bonds. The third-order valence-corrected chi connectivity index (χ3v) is 3.87. The summed E-state index contributed by atoms with van der Waals surface area (Å²) in [5, 5.41) is 2.55. The van der Waals surface area contributed by atoms with Crippen molar-refractivity contribution >= 4 is 34.4 Å². The zero-order chi connectivity index (χ0) is 17.6. The van der Waals surface area contributed by atoms with Crippen LogP contribution in [-0.4, -0.2) is 11.8 Å². The number of imide groups is 1. The fourth-order valence-electron chi connectivity index (χ4n) is 2.66. The fourth-order valence-corrected chi connectivity index (χ4v) is 2.66. The van der Waals surface area contributed by atoms with E-state index in [2.05, 4.69) is 49.0 Å². The number of nitrogens with zero attached hydrogens (tertiary/aromatic N) is 1. The van der Waals surface area contributed by atoms with Crippen LogP contribution in [0.4, 0.5) is 5.69 Å². The molecule has 0 saturated carbocycles. The van der Waals surface area contributed by atoms with Crippen LogP contribution in [0.2, 0.25) is 0 Å². The molecule has 3 aromatic carbocycles. The first-order chi connectivity index (χ1) is 12.2. The summed E-state index contributed by atoms with van der Waals surface area (Å²) < 4.78 is 0. The highest BCUT2D eigenvalue weighted by Crippen LogP contribution is 2.19. The summed E-state index contributed by atoms with van der Waals surface area (Å²) in [5.41, 5.74) is 1.82. The first kappa shape index (κ1) is 16.4. The van der Waals surface area contributed by atoms with Crippen molar-refractivity contribution in [3.63, 3.8) is 0 Å². The van der Waals surface area contributed by atoms with Gasteiger partial charge in [0, 0.05) is 12.2 Å². The molecule has 3 nitrogen and oxygen atoms in total. The van der Waals surface area contributed by atoms with Crippen molar-refractivity contribution in [2.75, 3.05) is 4.90 Å². The maximum Gasteiger partial charge on any atom is 0.258 e. The molecule has 0 aliphatic carbocycles. The van der Waals surface area contributed by atoms with Gasteiger partial charge in [-0.25, -0.2) is 4.90 Å². The molecule has 1 aliphatic heterocycles. The van der Waals surface area contributed by atoms with Crippen LogP contribution in [0, 0.1) is 0 Å². The standard InChI is InChI=1S/C12H10.C10H7NO2/c1-2-10-7-5-8-11-6-3-4-9-12(10)11;12-9-6-7-10(13)11(9)8-4-2-1-3-5-8/h2-9H,1H2;1-7H. The van der Waals surface area contributed by atoms with Gasteiger partial charge in [0.05, 0.1) is 5.69 Å². The third-order valence-electron chi connectivity index (χ3n) is 3.87. The van der Waals surface area contributed by atoms with Gasteiger partial charge in [0.15, 0.2) is 0 Å². The minimum absolute atomic E-state index is 0.281. The Morgan fingerprint density at radius 2 is 1.32 bits per heavy atom. The number of hydrogen-bond donors (Lipinski definition) is 0. The molecule has 3 aromatic rings. The lowest BCUT2D eigenvalue weighted by Gasteiger charge is -2.12. The van der Waals surface area contributed by atoms with Crippen molar-refractivity contribution in [3.8, 4) is 0 Å². The van der Waals surface area contributed by atoms with E-state index in [1.54, 1.807) is 24.3 Å². The quantitative estimate of drug-likeness (QED) is 0.645. The first-order valence-corrected chi connectivity index (χ1v) is 7.92. The Balaban J connectivity index is 0.000000146. The van der Waals surface area contributed by atoms with E-state index in [1.165, 1.54) is 28.5 Å². The smallest absolute Gasteiger partial charge is 0.258 e. The summed E-state index contributed by atoms with van der Waals surface area (Å²) in [5.74, 6) is -0.563. The molecule has 0 saturated heterocycles. The zero-order valence-corrected chi connectivity index (χ0v) is 13.6. The van der Waals surface area contributed by atoms with Gasteiger partial charge >= 0.3 is 0 Å². The van der Waals surface area contributed by atoms with Gasteiger partial charge in [-0.05, 0) is 28.5 Å². The number of carbonyl (C=O) groups excluding carboxylic acids is 2. The Labute approximate surface area is 146 Å². The lowest BCUT2D eigenvalue weighted by molar-refractivity contribution is -0.119. The summed E-state index contributed by atoms with van der Waals surface area (Å²) >= 11 is 0. The summed E-state index contributed by atoms with van der Waals surface area (Å²) in [4.78, 5) is 23.5. The summed E-state index contributed by atoms with van der Waals surface area (Å²) in [7, 11) is 0. The largest absolute Gasteiger partial charge is 0.269 e. The third kappa shape index (κ3) is 3.56. The molecule has 0 fully saturated rings. The Bertz CT molecular complexity index is 935. The number of para-hydroxylation sites is 1. The summed E-state index contributed by atoms with van der Waals surface area (Å²) in [6, 6.07) is 23.4. The zero-order valence-electron chi connectivity index (χ0n) is 13.6. The number of fused-ring (bicyclic) bond motifs is 1. The van der Waals surface area contributed by atoms with Crippen LogP contribution < -0.4 is 4.90 Å². The molecule has 25 heavy (non-hydrogen) atoms. The Hall–Kier alpha value is -3.46. The number of benzene rings is 3. The van der Waals surface area contributed by atoms with E-state index in [0.29, 0.717) is 5.69 Å². The second-order valence-corrected chi connectivity index (χ2v) is 5.45. The summed E-state index contributed by atoms with van der Waals surface area (Å²) in [6.45, 7) is 3.78. The van der Waals surface area contributed by atoms with E-state index in [4.69, 9.17) is 0 Å². The second kappa shape index (κ2) is 7.41. The van der Waals surface area contributed by atoms with E-state index >= 15 is 0 Å². The molecule has 3 heteroatoms. The Morgan fingerprint density at radius 3 is 2.00 bits per heavy atom. The van der Waals surface area contributed by atoms with Gasteiger partial charge in [0.2, 0.25) is 0 Å². The number of hydrogen-bond acceptors (Lipinski definition) is 2. The molecule has 1 heterocycles. The van der Waals surface area contributed by atoms with Crippen LogP contribution in [-0.2, 0) is 9.59 Å². The highest BCUT2D eigenvalue weighted by atomic mass is 16.2. The van der Waals surface area contributed by atoms with Crippen LogP contribution in [0.3, 0.4) is 0 Å². The van der Waals surface area contributed by atoms with Crippen molar-refractivity contribution < 1.29 is 9.59 Å². The van der Waals surface area contributed by atoms with Gasteiger partial charge in [-0.3, -0.25) is 9.59 Å². The summed E-state index contributed by atoms with van der Waals surface area (Å²) in [6.07, 6.45) is 4.44. The average Bonchev–Trinajstić information content (AvgIpc) is 3.01. The highest BCUT2D eigenvalue weighted by molar-refractivity contribution is 6.28. The molecule has 0 bridgehead atoms. The van der Waals surface area contributed by atoms with E-state index < -0.39 is 0 Å². The minimum Gasteiger partial charge on any atom is -0.269 e. The van der Waals surface area contributed by atoms with Gasteiger partial charge in [-0.1, -0.05) is 73.3 Å². The van der Waals surface area contributed by atoms with Crippen LogP contribution in [0.1, 0.15) is 5.56 Å². The Kier molecular flexibility index (Phi) is 4.86. The fraction of sp³-hybridized carbons (Fsp3) is 0. The average molecular weight is 327 g/mol. The SMILES string of the molecule is C=Cc1cccc2ccccc12.O=C1C=CC(=O)N1c1ccccc1. The topological polar surface area (TPSA) is 37.4 Å². The van der Waals surface area contributed by atoms with Crippen molar-refractivity contribution in [2.24, 2.45) is 0 Å². The molecule has 122 valence electrons. The van der Waals surface area contributed by atoms with E-state index in [1.807, 2.05) is 12.1 Å². The minimum atomic E-state index is -0.281. The van der Waals surface area contributed by atoms with Crippen molar-refractivity contribution in [1.82, 2.24) is 0 Å². The van der Waals surface area contributed by atoms with Gasteiger partial charge in [0.1, 0.15) is 0 Å². The molecule has 0 radical (unpaired) electrons. The predicted molar refractivity (Wildman–Crippen MR) is 102 cm³/mol. The molecular formula is C22H17NO2. The number of amides is 2. The number of anilines is 1. The Morgan fingerprint density at radius 1 is 0.720 bits per heavy atom. The van der Waals surface area contributed by atoms with Crippen LogP contribution in [0.25, 0.3) is 16.8 Å². The van der Waals surface area contributed by atoms with Gasteiger partial charge in [0.25, 0.3) is 11.8 Å². The monoisotopic (exact) mass is 327 g/mol. The predicted octanol–water partition coefficient (Wildman–Crippen LogP) is 4.60. The molecule has 0 spiro atoms. The number of carbonyl (C=O) groups is 2. The van der Waals surface area contributed by atoms with Gasteiger partial charge in [-0.15, -0.1) is 0 Å². The normalized spacial score (nSPS) is 12.9. The van der Waals surface area contributed by atoms with E-state index in [9.17, 15) is 9.59 Å². The maximum atomic E-state index is 11.2. The van der Waals surface area contributed by atoms with Crippen LogP contribution >= 0.6 is 0 Å². The molecule has 4 rings (SSSR count). The van der Waals surface area contributed by atoms with Crippen molar-refractivity contribution in [3.05, 3.63) is 97.1 Å². The van der Waals surface area contributed by atoms with Crippen molar-refractivity contribution in [1.29, 1.82) is 0 Å². The van der Waals surface area contributed by atoms with E-state index in [-0.39, 0.29) is 11.8 Å².